The lowest BCUT2D eigenvalue weighted by Gasteiger charge is -2.24. The van der Waals surface area contributed by atoms with Crippen molar-refractivity contribution < 1.29 is 13.7 Å². The summed E-state index contributed by atoms with van der Waals surface area (Å²) in [5.74, 6) is -0.559. The Bertz CT molecular complexity index is 782. The summed E-state index contributed by atoms with van der Waals surface area (Å²) in [5, 5.41) is 0. The largest absolute Gasteiger partial charge is 0.460 e. The quantitative estimate of drug-likeness (QED) is 0.409. The SMILES string of the molecule is Cc1ccc(S(=O)[C@H](Cl)C(CCc2ccccc2)CC(=O)OC(C)(C)C)cc1. The van der Waals surface area contributed by atoms with Gasteiger partial charge in [0.1, 0.15) is 10.3 Å². The van der Waals surface area contributed by atoms with Crippen molar-refractivity contribution in [3.63, 3.8) is 0 Å². The van der Waals surface area contributed by atoms with Crippen LogP contribution in [0.5, 0.6) is 0 Å². The molecule has 5 heteroatoms. The summed E-state index contributed by atoms with van der Waals surface area (Å²) < 4.78 is 17.8. The molecule has 0 aliphatic rings. The van der Waals surface area contributed by atoms with E-state index in [-0.39, 0.29) is 18.3 Å². The Morgan fingerprint density at radius 2 is 1.68 bits per heavy atom. The fraction of sp³-hybridized carbons (Fsp3) is 0.435. The predicted molar refractivity (Wildman–Crippen MR) is 116 cm³/mol. The number of ether oxygens (including phenoxy) is 1. The van der Waals surface area contributed by atoms with Crippen molar-refractivity contribution in [1.82, 2.24) is 0 Å². The van der Waals surface area contributed by atoms with E-state index in [1.165, 1.54) is 5.56 Å². The smallest absolute Gasteiger partial charge is 0.306 e. The molecular weight excluding hydrogens is 392 g/mol. The van der Waals surface area contributed by atoms with E-state index in [1.807, 2.05) is 82.3 Å². The molecular formula is C23H29ClO3S. The van der Waals surface area contributed by atoms with E-state index in [0.717, 1.165) is 12.0 Å². The first-order valence-electron chi connectivity index (χ1n) is 9.53. The monoisotopic (exact) mass is 420 g/mol. The summed E-state index contributed by atoms with van der Waals surface area (Å²) >= 11 is 6.65. The topological polar surface area (TPSA) is 43.4 Å². The molecule has 2 rings (SSSR count). The second-order valence-electron chi connectivity index (χ2n) is 8.04. The third kappa shape index (κ3) is 7.40. The van der Waals surface area contributed by atoms with Crippen LogP contribution in [0.2, 0.25) is 0 Å². The Balaban J connectivity index is 2.13. The number of alkyl halides is 1. The number of carbonyl (C=O) groups excluding carboxylic acids is 1. The van der Waals surface area contributed by atoms with Gasteiger partial charge in [-0.25, -0.2) is 0 Å². The molecule has 0 aromatic heterocycles. The fourth-order valence-corrected chi connectivity index (χ4v) is 4.67. The van der Waals surface area contributed by atoms with Gasteiger partial charge in [-0.2, -0.15) is 0 Å². The van der Waals surface area contributed by atoms with Crippen molar-refractivity contribution in [2.45, 2.75) is 62.2 Å². The van der Waals surface area contributed by atoms with Gasteiger partial charge < -0.3 is 4.74 Å². The molecule has 0 heterocycles. The van der Waals surface area contributed by atoms with Crippen LogP contribution in [-0.2, 0) is 26.8 Å². The summed E-state index contributed by atoms with van der Waals surface area (Å²) in [4.78, 5) is 13.1. The van der Waals surface area contributed by atoms with E-state index >= 15 is 0 Å². The van der Waals surface area contributed by atoms with Crippen LogP contribution in [0.15, 0.2) is 59.5 Å². The predicted octanol–water partition coefficient (Wildman–Crippen LogP) is 5.65. The number of hydrogen-bond donors (Lipinski definition) is 0. The zero-order chi connectivity index (χ0) is 20.7. The van der Waals surface area contributed by atoms with Gasteiger partial charge in [0.15, 0.2) is 0 Å². The molecule has 2 unspecified atom stereocenters. The molecule has 0 aliphatic carbocycles. The minimum absolute atomic E-state index is 0.149. The van der Waals surface area contributed by atoms with Gasteiger partial charge in [0.2, 0.25) is 0 Å². The molecule has 0 bridgehead atoms. The second kappa shape index (κ2) is 10.2. The number of hydrogen-bond acceptors (Lipinski definition) is 3. The lowest BCUT2D eigenvalue weighted by Crippen LogP contribution is -2.29. The Morgan fingerprint density at radius 3 is 2.25 bits per heavy atom. The van der Waals surface area contributed by atoms with E-state index in [9.17, 15) is 9.00 Å². The Labute approximate surface area is 175 Å². The van der Waals surface area contributed by atoms with Gasteiger partial charge >= 0.3 is 5.97 Å². The van der Waals surface area contributed by atoms with Crippen LogP contribution in [0.3, 0.4) is 0 Å². The lowest BCUT2D eigenvalue weighted by atomic mass is 9.98. The van der Waals surface area contributed by atoms with E-state index in [0.29, 0.717) is 11.3 Å². The van der Waals surface area contributed by atoms with Crippen LogP contribution in [-0.4, -0.2) is 20.5 Å². The van der Waals surface area contributed by atoms with E-state index in [2.05, 4.69) is 0 Å². The summed E-state index contributed by atoms with van der Waals surface area (Å²) in [6, 6.07) is 17.5. The van der Waals surface area contributed by atoms with Gasteiger partial charge in [-0.3, -0.25) is 9.00 Å². The molecule has 0 saturated carbocycles. The zero-order valence-electron chi connectivity index (χ0n) is 17.0. The average Bonchev–Trinajstić information content (AvgIpc) is 2.64. The first kappa shape index (κ1) is 22.6. The molecule has 0 spiro atoms. The van der Waals surface area contributed by atoms with Gasteiger partial charge in [-0.1, -0.05) is 48.0 Å². The molecule has 0 fully saturated rings. The molecule has 3 atom stereocenters. The first-order valence-corrected chi connectivity index (χ1v) is 11.2. The Kier molecular flexibility index (Phi) is 8.26. The van der Waals surface area contributed by atoms with Crippen LogP contribution < -0.4 is 0 Å². The van der Waals surface area contributed by atoms with Gasteiger partial charge in [0, 0.05) is 4.90 Å². The highest BCUT2D eigenvalue weighted by molar-refractivity contribution is 7.87. The molecule has 3 nitrogen and oxygen atoms in total. The van der Waals surface area contributed by atoms with Gasteiger partial charge in [0.25, 0.3) is 0 Å². The minimum Gasteiger partial charge on any atom is -0.460 e. The highest BCUT2D eigenvalue weighted by atomic mass is 35.5. The third-order valence-electron chi connectivity index (χ3n) is 4.32. The Morgan fingerprint density at radius 1 is 1.07 bits per heavy atom. The zero-order valence-corrected chi connectivity index (χ0v) is 18.6. The summed E-state index contributed by atoms with van der Waals surface area (Å²) in [7, 11) is -1.41. The number of aryl methyl sites for hydroxylation is 2. The van der Waals surface area contributed by atoms with E-state index in [1.54, 1.807) is 0 Å². The maximum absolute atomic E-state index is 13.0. The summed E-state index contributed by atoms with van der Waals surface area (Å²) in [5.41, 5.74) is 1.71. The molecule has 0 radical (unpaired) electrons. The van der Waals surface area contributed by atoms with Crippen LogP contribution >= 0.6 is 11.6 Å². The molecule has 0 aliphatic heterocycles. The Hall–Kier alpha value is -1.65. The molecule has 152 valence electrons. The highest BCUT2D eigenvalue weighted by Crippen LogP contribution is 2.29. The normalized spacial score (nSPS) is 14.9. The lowest BCUT2D eigenvalue weighted by molar-refractivity contribution is -0.155. The van der Waals surface area contributed by atoms with Gasteiger partial charge in [-0.05, 0) is 64.2 Å². The first-order chi connectivity index (χ1) is 13.2. The third-order valence-corrected chi connectivity index (χ3v) is 6.70. The number of halogens is 1. The molecule has 0 saturated heterocycles. The van der Waals surface area contributed by atoms with Crippen molar-refractivity contribution in [3.8, 4) is 0 Å². The van der Waals surface area contributed by atoms with Crippen molar-refractivity contribution in [2.24, 2.45) is 5.92 Å². The maximum Gasteiger partial charge on any atom is 0.306 e. The number of rotatable bonds is 8. The molecule has 2 aromatic rings. The van der Waals surface area contributed by atoms with E-state index < -0.39 is 21.1 Å². The van der Waals surface area contributed by atoms with Crippen LogP contribution in [0.25, 0.3) is 0 Å². The van der Waals surface area contributed by atoms with Crippen LogP contribution in [0.4, 0.5) is 0 Å². The summed E-state index contributed by atoms with van der Waals surface area (Å²) in [6.45, 7) is 7.50. The second-order valence-corrected chi connectivity index (χ2v) is 10.3. The minimum atomic E-state index is -1.41. The van der Waals surface area contributed by atoms with Crippen molar-refractivity contribution in [1.29, 1.82) is 0 Å². The highest BCUT2D eigenvalue weighted by Gasteiger charge is 2.30. The number of carbonyl (C=O) groups is 1. The molecule has 0 amide bonds. The summed E-state index contributed by atoms with van der Waals surface area (Å²) in [6.07, 6.45) is 1.58. The van der Waals surface area contributed by atoms with Gasteiger partial charge in [0.05, 0.1) is 17.2 Å². The van der Waals surface area contributed by atoms with Crippen molar-refractivity contribution in [2.75, 3.05) is 0 Å². The maximum atomic E-state index is 13.0. The van der Waals surface area contributed by atoms with Crippen molar-refractivity contribution in [3.05, 3.63) is 65.7 Å². The van der Waals surface area contributed by atoms with Crippen LogP contribution in [0.1, 0.15) is 44.7 Å². The average molecular weight is 421 g/mol. The fourth-order valence-electron chi connectivity index (χ4n) is 2.90. The van der Waals surface area contributed by atoms with Crippen LogP contribution in [0, 0.1) is 12.8 Å². The molecule has 2 aromatic carbocycles. The van der Waals surface area contributed by atoms with E-state index in [4.69, 9.17) is 16.3 Å². The number of benzene rings is 2. The standard InChI is InChI=1S/C23H29ClO3S/c1-17-10-14-20(15-11-17)28(26)22(24)19(16-21(25)27-23(2,3)4)13-12-18-8-6-5-7-9-18/h5-11,14-15,19,22H,12-13,16H2,1-4H3/t19?,22-,28?/m0/s1. The molecule has 28 heavy (non-hydrogen) atoms. The van der Waals surface area contributed by atoms with Gasteiger partial charge in [-0.15, -0.1) is 11.6 Å². The molecule has 0 N–H and O–H groups in total. The van der Waals surface area contributed by atoms with Crippen molar-refractivity contribution >= 4 is 28.4 Å². The number of esters is 1.